The molecule has 1 N–H and O–H groups in total. The van der Waals surface area contributed by atoms with E-state index in [9.17, 15) is 0 Å². The fraction of sp³-hybridized carbons (Fsp3) is 0.0357. The molecule has 57 heavy (non-hydrogen) atoms. The normalized spacial score (nSPS) is 15.1. The van der Waals surface area contributed by atoms with Gasteiger partial charge in [-0.05, 0) is 108 Å². The minimum Gasteiger partial charge on any atom is -0.355 e. The standard InChI is InChI=1S/C56H39N/c1-6-18-39(19-7-1)40-30-33-48-49-34-31-46(38-54(49)56(53(48)36-40,43-24-12-4-13-25-43)44-26-14-5-15-27-44)57-45-32-35-52-50(37-45)47-28-16-17-29-51(47)55(52,41-20-8-2-9-21-41)42-22-10-3-11-23-42/h1-38,57H/i1D,6D,7D,18D,19D. The Bertz CT molecular complexity index is 3100. The largest absolute Gasteiger partial charge is 0.355 e. The third-order valence-corrected chi connectivity index (χ3v) is 12.1. The molecular formula is C56H39N. The number of benzene rings is 9. The molecule has 2 aliphatic carbocycles. The van der Waals surface area contributed by atoms with Gasteiger partial charge in [-0.2, -0.15) is 0 Å². The second-order valence-corrected chi connectivity index (χ2v) is 14.9. The summed E-state index contributed by atoms with van der Waals surface area (Å²) in [4.78, 5) is 0. The molecule has 2 aliphatic rings. The van der Waals surface area contributed by atoms with Gasteiger partial charge in [-0.25, -0.2) is 0 Å². The first-order chi connectivity index (χ1) is 30.3. The average Bonchev–Trinajstić information content (AvgIpc) is 3.79. The SMILES string of the molecule is [2H]c1c([2H])c([2H])c(-c2ccc3c(c2)C(c2ccccc2)(c2ccccc2)c2cc(Nc4ccc5c(c4)-c4ccccc4C5(c4ccccc4)c4ccccc4)ccc2-3)c([2H])c1[2H]. The maximum atomic E-state index is 8.88. The van der Waals surface area contributed by atoms with Crippen LogP contribution >= 0.6 is 0 Å². The van der Waals surface area contributed by atoms with Crippen molar-refractivity contribution in [2.24, 2.45) is 0 Å². The van der Waals surface area contributed by atoms with Crippen molar-refractivity contribution in [3.8, 4) is 33.4 Å². The highest BCUT2D eigenvalue weighted by Gasteiger charge is 2.47. The Kier molecular flexibility index (Phi) is 6.55. The van der Waals surface area contributed by atoms with Crippen LogP contribution in [0.15, 0.2) is 230 Å². The summed E-state index contributed by atoms with van der Waals surface area (Å²) in [5.74, 6) is 0. The predicted octanol–water partition coefficient (Wildman–Crippen LogP) is 13.8. The van der Waals surface area contributed by atoms with Gasteiger partial charge in [0.2, 0.25) is 0 Å². The Labute approximate surface area is 341 Å². The van der Waals surface area contributed by atoms with Crippen LogP contribution in [0.5, 0.6) is 0 Å². The van der Waals surface area contributed by atoms with E-state index in [0.29, 0.717) is 5.56 Å². The minimum absolute atomic E-state index is 0.189. The van der Waals surface area contributed by atoms with Gasteiger partial charge < -0.3 is 5.32 Å². The lowest BCUT2D eigenvalue weighted by molar-refractivity contribution is 0.768. The van der Waals surface area contributed by atoms with E-state index in [-0.39, 0.29) is 29.7 Å². The van der Waals surface area contributed by atoms with Crippen LogP contribution in [0.3, 0.4) is 0 Å². The third kappa shape index (κ3) is 4.95. The van der Waals surface area contributed by atoms with Gasteiger partial charge >= 0.3 is 0 Å². The fourth-order valence-corrected chi connectivity index (χ4v) is 9.81. The van der Waals surface area contributed by atoms with Gasteiger partial charge in [0, 0.05) is 11.4 Å². The molecule has 0 saturated carbocycles. The number of hydrogen-bond acceptors (Lipinski definition) is 1. The Morgan fingerprint density at radius 2 is 0.754 bits per heavy atom. The monoisotopic (exact) mass is 730 g/mol. The zero-order chi connectivity index (χ0) is 42.2. The van der Waals surface area contributed by atoms with Crippen LogP contribution < -0.4 is 5.32 Å². The van der Waals surface area contributed by atoms with Crippen molar-refractivity contribution in [3.05, 3.63) is 275 Å². The molecular weight excluding hydrogens is 687 g/mol. The molecule has 9 aromatic rings. The summed E-state index contributed by atoms with van der Waals surface area (Å²) in [5.41, 5.74) is 15.1. The zero-order valence-electron chi connectivity index (χ0n) is 36.1. The summed E-state index contributed by atoms with van der Waals surface area (Å²) < 4.78 is 42.9. The van der Waals surface area contributed by atoms with Crippen molar-refractivity contribution < 1.29 is 6.85 Å². The summed E-state index contributed by atoms with van der Waals surface area (Å²) in [6, 6.07) is 69.2. The number of rotatable bonds is 7. The molecule has 0 heterocycles. The zero-order valence-corrected chi connectivity index (χ0v) is 31.1. The third-order valence-electron chi connectivity index (χ3n) is 12.1. The molecule has 0 radical (unpaired) electrons. The smallest absolute Gasteiger partial charge is 0.0714 e. The summed E-state index contributed by atoms with van der Waals surface area (Å²) in [5, 5.41) is 3.83. The molecule has 0 fully saturated rings. The fourth-order valence-electron chi connectivity index (χ4n) is 9.81. The van der Waals surface area contributed by atoms with Crippen LogP contribution in [-0.4, -0.2) is 0 Å². The summed E-state index contributed by atoms with van der Waals surface area (Å²) in [6.45, 7) is 0. The van der Waals surface area contributed by atoms with Crippen LogP contribution in [0.4, 0.5) is 11.4 Å². The molecule has 0 amide bonds. The lowest BCUT2D eigenvalue weighted by Crippen LogP contribution is -2.28. The number of nitrogens with one attached hydrogen (secondary N) is 1. The molecule has 268 valence electrons. The highest BCUT2D eigenvalue weighted by Crippen LogP contribution is 2.59. The second-order valence-electron chi connectivity index (χ2n) is 14.9. The maximum Gasteiger partial charge on any atom is 0.0714 e. The van der Waals surface area contributed by atoms with E-state index in [4.69, 9.17) is 6.85 Å². The lowest BCUT2D eigenvalue weighted by atomic mass is 9.67. The molecule has 1 nitrogen and oxygen atoms in total. The Balaban J connectivity index is 1.09. The van der Waals surface area contributed by atoms with Gasteiger partial charge in [-0.3, -0.25) is 0 Å². The minimum atomic E-state index is -0.796. The topological polar surface area (TPSA) is 12.0 Å². The molecule has 0 bridgehead atoms. The van der Waals surface area contributed by atoms with Crippen molar-refractivity contribution in [1.29, 1.82) is 0 Å². The summed E-state index contributed by atoms with van der Waals surface area (Å²) >= 11 is 0. The lowest BCUT2D eigenvalue weighted by Gasteiger charge is -2.34. The van der Waals surface area contributed by atoms with Gasteiger partial charge in [0.25, 0.3) is 0 Å². The van der Waals surface area contributed by atoms with Gasteiger partial charge in [0.15, 0.2) is 0 Å². The Morgan fingerprint density at radius 3 is 1.35 bits per heavy atom. The van der Waals surface area contributed by atoms with Crippen molar-refractivity contribution in [1.82, 2.24) is 0 Å². The van der Waals surface area contributed by atoms with Gasteiger partial charge in [-0.15, -0.1) is 0 Å². The van der Waals surface area contributed by atoms with E-state index >= 15 is 0 Å². The molecule has 0 aromatic heterocycles. The van der Waals surface area contributed by atoms with Gasteiger partial charge in [0.05, 0.1) is 17.7 Å². The Hall–Kier alpha value is -7.22. The van der Waals surface area contributed by atoms with Crippen LogP contribution in [0.25, 0.3) is 33.4 Å². The van der Waals surface area contributed by atoms with E-state index in [0.717, 1.165) is 44.8 Å². The van der Waals surface area contributed by atoms with Crippen molar-refractivity contribution in [2.45, 2.75) is 10.8 Å². The van der Waals surface area contributed by atoms with E-state index in [1.165, 1.54) is 33.4 Å². The Morgan fingerprint density at radius 1 is 0.316 bits per heavy atom. The second kappa shape index (κ2) is 13.2. The first kappa shape index (κ1) is 28.2. The van der Waals surface area contributed by atoms with E-state index in [1.54, 1.807) is 0 Å². The van der Waals surface area contributed by atoms with Crippen LogP contribution in [0.2, 0.25) is 0 Å². The van der Waals surface area contributed by atoms with Gasteiger partial charge in [-0.1, -0.05) is 200 Å². The summed E-state index contributed by atoms with van der Waals surface area (Å²) in [6.07, 6.45) is 0. The molecule has 0 atom stereocenters. The number of hydrogen-bond donors (Lipinski definition) is 1. The maximum absolute atomic E-state index is 8.88. The van der Waals surface area contributed by atoms with Gasteiger partial charge in [0.1, 0.15) is 0 Å². The number of anilines is 2. The van der Waals surface area contributed by atoms with Crippen LogP contribution in [0, 0.1) is 0 Å². The first-order valence-corrected chi connectivity index (χ1v) is 19.4. The van der Waals surface area contributed by atoms with E-state index in [2.05, 4.69) is 181 Å². The highest BCUT2D eigenvalue weighted by molar-refractivity contribution is 5.91. The van der Waals surface area contributed by atoms with Crippen molar-refractivity contribution >= 4 is 11.4 Å². The van der Waals surface area contributed by atoms with Crippen LogP contribution in [-0.2, 0) is 10.8 Å². The molecule has 0 spiro atoms. The average molecular weight is 731 g/mol. The van der Waals surface area contributed by atoms with Crippen LogP contribution in [0.1, 0.15) is 51.4 Å². The molecule has 9 aromatic carbocycles. The highest BCUT2D eigenvalue weighted by atomic mass is 14.9. The summed E-state index contributed by atoms with van der Waals surface area (Å²) in [7, 11) is 0. The number of fused-ring (bicyclic) bond motifs is 6. The molecule has 0 aliphatic heterocycles. The molecule has 0 unspecified atom stereocenters. The van der Waals surface area contributed by atoms with Crippen molar-refractivity contribution in [2.75, 3.05) is 5.32 Å². The first-order valence-electron chi connectivity index (χ1n) is 21.9. The quantitative estimate of drug-likeness (QED) is 0.172. The molecule has 0 saturated heterocycles. The molecule has 1 heteroatoms. The van der Waals surface area contributed by atoms with Crippen molar-refractivity contribution in [3.63, 3.8) is 0 Å². The van der Waals surface area contributed by atoms with E-state index in [1.807, 2.05) is 24.3 Å². The molecule has 11 rings (SSSR count). The van der Waals surface area contributed by atoms with E-state index < -0.39 is 16.9 Å². The predicted molar refractivity (Wildman–Crippen MR) is 236 cm³/mol.